The van der Waals surface area contributed by atoms with E-state index < -0.39 is 0 Å². The van der Waals surface area contributed by atoms with Crippen LogP contribution in [-0.2, 0) is 35.5 Å². The highest BCUT2D eigenvalue weighted by Crippen LogP contribution is 2.03. The topological polar surface area (TPSA) is 113 Å². The van der Waals surface area contributed by atoms with E-state index in [1.807, 2.05) is 18.2 Å². The summed E-state index contributed by atoms with van der Waals surface area (Å²) < 4.78 is 0. The number of aromatic nitrogens is 4. The van der Waals surface area contributed by atoms with E-state index in [2.05, 4.69) is 30.8 Å². The first kappa shape index (κ1) is 18.2. The summed E-state index contributed by atoms with van der Waals surface area (Å²) in [6.45, 7) is 0.723. The lowest BCUT2D eigenvalue weighted by Crippen LogP contribution is -2.26. The predicted octanol–water partition coefficient (Wildman–Crippen LogP) is 0.917. The highest BCUT2D eigenvalue weighted by Gasteiger charge is 2.06. The second kappa shape index (κ2) is 9.23. The Morgan fingerprint density at radius 2 is 1.78 bits per heavy atom. The summed E-state index contributed by atoms with van der Waals surface area (Å²) in [5.41, 5.74) is 3.27. The average molecular weight is 364 g/mol. The van der Waals surface area contributed by atoms with Gasteiger partial charge in [0.15, 0.2) is 0 Å². The minimum absolute atomic E-state index is 0.0944. The lowest BCUT2D eigenvalue weighted by molar-refractivity contribution is -0.121. The Hall–Kier alpha value is -3.55. The van der Waals surface area contributed by atoms with Crippen LogP contribution in [0.4, 0.5) is 0 Å². The van der Waals surface area contributed by atoms with Crippen LogP contribution in [0.25, 0.3) is 0 Å². The largest absolute Gasteiger partial charge is 0.352 e. The lowest BCUT2D eigenvalue weighted by atomic mass is 10.2. The zero-order valence-corrected chi connectivity index (χ0v) is 14.7. The predicted molar refractivity (Wildman–Crippen MR) is 98.2 cm³/mol. The summed E-state index contributed by atoms with van der Waals surface area (Å²) in [5, 5.41) is 12.3. The first-order valence-corrected chi connectivity index (χ1v) is 8.53. The molecule has 0 saturated heterocycles. The molecule has 0 aromatic carbocycles. The van der Waals surface area contributed by atoms with Gasteiger partial charge in [0.05, 0.1) is 25.1 Å². The number of nitrogens with one attached hydrogen (secondary N) is 3. The number of aromatic amines is 1. The van der Waals surface area contributed by atoms with Gasteiger partial charge in [-0.3, -0.25) is 24.7 Å². The van der Waals surface area contributed by atoms with Crippen LogP contribution >= 0.6 is 0 Å². The number of hydrogen-bond donors (Lipinski definition) is 3. The summed E-state index contributed by atoms with van der Waals surface area (Å²) in [7, 11) is 0. The standard InChI is InChI=1S/C19H20N6O2/c26-18(9-14-2-1-5-20-11-14)23-13-17-8-15(3-6-21-17)12-22-19(27)10-16-4-7-24-25-16/h1-8,11H,9-10,12-13H2,(H,22,27)(H,23,26)(H,24,25). The van der Waals surface area contributed by atoms with E-state index in [9.17, 15) is 9.59 Å². The van der Waals surface area contributed by atoms with Crippen molar-refractivity contribution in [2.75, 3.05) is 0 Å². The van der Waals surface area contributed by atoms with Gasteiger partial charge >= 0.3 is 0 Å². The molecule has 0 radical (unpaired) electrons. The summed E-state index contributed by atoms with van der Waals surface area (Å²) >= 11 is 0. The molecule has 0 bridgehead atoms. The Bertz CT molecular complexity index is 880. The van der Waals surface area contributed by atoms with Gasteiger partial charge < -0.3 is 10.6 Å². The van der Waals surface area contributed by atoms with E-state index >= 15 is 0 Å². The fourth-order valence-corrected chi connectivity index (χ4v) is 2.49. The Morgan fingerprint density at radius 3 is 2.56 bits per heavy atom. The van der Waals surface area contributed by atoms with Crippen molar-refractivity contribution in [2.45, 2.75) is 25.9 Å². The van der Waals surface area contributed by atoms with Crippen molar-refractivity contribution < 1.29 is 9.59 Å². The quantitative estimate of drug-likeness (QED) is 0.550. The molecule has 0 unspecified atom stereocenters. The highest BCUT2D eigenvalue weighted by atomic mass is 16.2. The molecule has 3 aromatic heterocycles. The van der Waals surface area contributed by atoms with Crippen molar-refractivity contribution in [3.63, 3.8) is 0 Å². The molecule has 0 aliphatic carbocycles. The molecule has 3 aromatic rings. The van der Waals surface area contributed by atoms with Crippen molar-refractivity contribution in [2.24, 2.45) is 0 Å². The zero-order chi connectivity index (χ0) is 18.9. The Morgan fingerprint density at radius 1 is 0.926 bits per heavy atom. The molecule has 3 heterocycles. The van der Waals surface area contributed by atoms with E-state index in [0.29, 0.717) is 13.1 Å². The van der Waals surface area contributed by atoms with Gasteiger partial charge in [0.1, 0.15) is 0 Å². The van der Waals surface area contributed by atoms with E-state index in [0.717, 1.165) is 22.5 Å². The van der Waals surface area contributed by atoms with E-state index in [1.165, 1.54) is 0 Å². The number of nitrogens with zero attached hydrogens (tertiary/aromatic N) is 3. The molecule has 3 N–H and O–H groups in total. The van der Waals surface area contributed by atoms with Crippen LogP contribution in [0.2, 0.25) is 0 Å². The van der Waals surface area contributed by atoms with Crippen LogP contribution in [0.15, 0.2) is 55.1 Å². The van der Waals surface area contributed by atoms with Crippen LogP contribution < -0.4 is 10.6 Å². The molecule has 0 saturated carbocycles. The summed E-state index contributed by atoms with van der Waals surface area (Å²) in [6, 6.07) is 9.11. The maximum atomic E-state index is 12.0. The summed E-state index contributed by atoms with van der Waals surface area (Å²) in [4.78, 5) is 32.2. The number of hydrogen-bond acceptors (Lipinski definition) is 5. The van der Waals surface area contributed by atoms with Gasteiger partial charge in [0.2, 0.25) is 11.8 Å². The first-order chi connectivity index (χ1) is 13.2. The zero-order valence-electron chi connectivity index (χ0n) is 14.7. The number of carbonyl (C=O) groups excluding carboxylic acids is 2. The number of rotatable bonds is 8. The first-order valence-electron chi connectivity index (χ1n) is 8.53. The molecule has 8 heteroatoms. The second-order valence-electron chi connectivity index (χ2n) is 6.01. The van der Waals surface area contributed by atoms with Crippen molar-refractivity contribution in [1.29, 1.82) is 0 Å². The van der Waals surface area contributed by atoms with Gasteiger partial charge in [0.25, 0.3) is 0 Å². The molecule has 0 atom stereocenters. The average Bonchev–Trinajstić information content (AvgIpc) is 3.19. The molecule has 0 aliphatic heterocycles. The van der Waals surface area contributed by atoms with Crippen molar-refractivity contribution in [3.05, 3.63) is 77.6 Å². The number of carbonyl (C=O) groups is 2. The molecule has 0 fully saturated rings. The molecule has 27 heavy (non-hydrogen) atoms. The molecule has 0 spiro atoms. The third-order valence-electron chi connectivity index (χ3n) is 3.83. The van der Waals surface area contributed by atoms with Crippen LogP contribution in [0.1, 0.15) is 22.5 Å². The van der Waals surface area contributed by atoms with Crippen molar-refractivity contribution in [3.8, 4) is 0 Å². The molecule has 3 rings (SSSR count). The normalized spacial score (nSPS) is 10.4. The Balaban J connectivity index is 1.45. The number of H-pyrrole nitrogens is 1. The van der Waals surface area contributed by atoms with Crippen LogP contribution in [0.5, 0.6) is 0 Å². The van der Waals surface area contributed by atoms with E-state index in [4.69, 9.17) is 0 Å². The number of amides is 2. The van der Waals surface area contributed by atoms with Gasteiger partial charge in [-0.15, -0.1) is 0 Å². The van der Waals surface area contributed by atoms with Crippen LogP contribution in [0.3, 0.4) is 0 Å². The maximum absolute atomic E-state index is 12.0. The van der Waals surface area contributed by atoms with Gasteiger partial charge in [-0.25, -0.2) is 0 Å². The van der Waals surface area contributed by atoms with E-state index in [-0.39, 0.29) is 24.7 Å². The van der Waals surface area contributed by atoms with E-state index in [1.54, 1.807) is 36.9 Å². The lowest BCUT2D eigenvalue weighted by Gasteiger charge is -2.08. The monoisotopic (exact) mass is 364 g/mol. The smallest absolute Gasteiger partial charge is 0.226 e. The highest BCUT2D eigenvalue weighted by molar-refractivity contribution is 5.78. The molecule has 138 valence electrons. The third kappa shape index (κ3) is 6.03. The van der Waals surface area contributed by atoms with Crippen LogP contribution in [0, 0.1) is 0 Å². The fourth-order valence-electron chi connectivity index (χ4n) is 2.49. The Labute approximate surface area is 156 Å². The second-order valence-corrected chi connectivity index (χ2v) is 6.01. The van der Waals surface area contributed by atoms with Gasteiger partial charge in [-0.2, -0.15) is 5.10 Å². The third-order valence-corrected chi connectivity index (χ3v) is 3.83. The molecule has 0 aliphatic rings. The Kier molecular flexibility index (Phi) is 6.24. The van der Waals surface area contributed by atoms with Crippen molar-refractivity contribution >= 4 is 11.8 Å². The van der Waals surface area contributed by atoms with Gasteiger partial charge in [-0.05, 0) is 35.4 Å². The number of pyridine rings is 2. The van der Waals surface area contributed by atoms with Crippen LogP contribution in [-0.4, -0.2) is 32.0 Å². The molecule has 2 amide bonds. The molecular formula is C19H20N6O2. The minimum Gasteiger partial charge on any atom is -0.352 e. The SMILES string of the molecule is O=C(Cc1cccnc1)NCc1cc(CNC(=O)Cc2ccn[nH]2)ccn1. The summed E-state index contributed by atoms with van der Waals surface area (Å²) in [5.74, 6) is -0.189. The fraction of sp³-hybridized carbons (Fsp3) is 0.211. The maximum Gasteiger partial charge on any atom is 0.226 e. The summed E-state index contributed by atoms with van der Waals surface area (Å²) in [6.07, 6.45) is 7.15. The molecular weight excluding hydrogens is 344 g/mol. The minimum atomic E-state index is -0.0950. The molecule has 8 nitrogen and oxygen atoms in total. The van der Waals surface area contributed by atoms with Gasteiger partial charge in [0, 0.05) is 37.0 Å². The van der Waals surface area contributed by atoms with Gasteiger partial charge in [-0.1, -0.05) is 6.07 Å². The van der Waals surface area contributed by atoms with Crippen molar-refractivity contribution in [1.82, 2.24) is 30.8 Å².